The van der Waals surface area contributed by atoms with E-state index in [1.807, 2.05) is 36.4 Å². The van der Waals surface area contributed by atoms with Crippen LogP contribution in [0.1, 0.15) is 11.1 Å². The van der Waals surface area contributed by atoms with Crippen LogP contribution in [0.3, 0.4) is 0 Å². The number of amides is 1. The third-order valence-electron chi connectivity index (χ3n) is 4.67. The molecule has 166 valence electrons. The Morgan fingerprint density at radius 2 is 1.59 bits per heavy atom. The van der Waals surface area contributed by atoms with E-state index in [1.165, 1.54) is 6.08 Å². The second kappa shape index (κ2) is 10.8. The molecule has 32 heavy (non-hydrogen) atoms. The van der Waals surface area contributed by atoms with Crippen molar-refractivity contribution < 1.29 is 23.7 Å². The fourth-order valence-electron chi connectivity index (χ4n) is 2.99. The molecule has 0 spiro atoms. The van der Waals surface area contributed by atoms with Crippen molar-refractivity contribution in [2.75, 3.05) is 32.4 Å². The maximum absolute atomic E-state index is 12.1. The second-order valence-electron chi connectivity index (χ2n) is 6.80. The van der Waals surface area contributed by atoms with Gasteiger partial charge in [0.2, 0.25) is 11.7 Å². The standard InChI is InChI=1S/C25H26N2O5/c1-29-22-14-19(15-23(30-2)25(22)31-3)32-16-18-10-8-17(9-11-18)12-13-24(28)27-21-7-5-4-6-20(21)26/h4-15H,16,26H2,1-3H3,(H,27,28). The lowest BCUT2D eigenvalue weighted by Gasteiger charge is -2.14. The quantitative estimate of drug-likeness (QED) is 0.380. The predicted molar refractivity (Wildman–Crippen MR) is 125 cm³/mol. The third-order valence-corrected chi connectivity index (χ3v) is 4.67. The number of carbonyl (C=O) groups is 1. The lowest BCUT2D eigenvalue weighted by atomic mass is 10.1. The van der Waals surface area contributed by atoms with E-state index in [2.05, 4.69) is 5.32 Å². The first-order valence-corrected chi connectivity index (χ1v) is 9.89. The molecule has 0 aliphatic heterocycles. The van der Waals surface area contributed by atoms with Crippen molar-refractivity contribution in [3.63, 3.8) is 0 Å². The Bertz CT molecular complexity index is 1070. The number of nitrogen functional groups attached to an aromatic ring is 1. The van der Waals surface area contributed by atoms with Gasteiger partial charge < -0.3 is 30.0 Å². The van der Waals surface area contributed by atoms with E-state index < -0.39 is 0 Å². The van der Waals surface area contributed by atoms with Crippen molar-refractivity contribution in [3.8, 4) is 23.0 Å². The first kappa shape index (κ1) is 22.6. The lowest BCUT2D eigenvalue weighted by Crippen LogP contribution is -2.09. The normalized spacial score (nSPS) is 10.6. The van der Waals surface area contributed by atoms with Crippen molar-refractivity contribution in [3.05, 3.63) is 77.9 Å². The van der Waals surface area contributed by atoms with Crippen molar-refractivity contribution >= 4 is 23.4 Å². The van der Waals surface area contributed by atoms with Crippen molar-refractivity contribution in [2.24, 2.45) is 0 Å². The monoisotopic (exact) mass is 434 g/mol. The highest BCUT2D eigenvalue weighted by molar-refractivity contribution is 6.03. The van der Waals surface area contributed by atoms with Gasteiger partial charge in [-0.25, -0.2) is 0 Å². The molecular weight excluding hydrogens is 408 g/mol. The third kappa shape index (κ3) is 5.72. The Morgan fingerprint density at radius 1 is 0.938 bits per heavy atom. The predicted octanol–water partition coefficient (Wildman–Crippen LogP) is 4.53. The van der Waals surface area contributed by atoms with Crippen molar-refractivity contribution in [2.45, 2.75) is 6.61 Å². The number of methoxy groups -OCH3 is 3. The molecule has 0 saturated heterocycles. The van der Waals surface area contributed by atoms with E-state index in [1.54, 1.807) is 51.7 Å². The molecule has 0 aliphatic carbocycles. The van der Waals surface area contributed by atoms with Crippen LogP contribution in [0.5, 0.6) is 23.0 Å². The summed E-state index contributed by atoms with van der Waals surface area (Å²) in [4.78, 5) is 12.1. The Balaban J connectivity index is 1.60. The van der Waals surface area contributed by atoms with Gasteiger partial charge in [-0.05, 0) is 29.3 Å². The Kier molecular flexibility index (Phi) is 7.59. The fraction of sp³-hybridized carbons (Fsp3) is 0.160. The van der Waals surface area contributed by atoms with Gasteiger partial charge in [0.05, 0.1) is 32.7 Å². The Labute approximate surface area is 187 Å². The number of carbonyl (C=O) groups excluding carboxylic acids is 1. The zero-order valence-corrected chi connectivity index (χ0v) is 18.3. The number of rotatable bonds is 9. The second-order valence-corrected chi connectivity index (χ2v) is 6.80. The van der Waals surface area contributed by atoms with Crippen LogP contribution in [0.25, 0.3) is 6.08 Å². The minimum atomic E-state index is -0.252. The smallest absolute Gasteiger partial charge is 0.248 e. The highest BCUT2D eigenvalue weighted by Gasteiger charge is 2.14. The average molecular weight is 434 g/mol. The highest BCUT2D eigenvalue weighted by atomic mass is 16.5. The van der Waals surface area contributed by atoms with Crippen LogP contribution in [0.2, 0.25) is 0 Å². The molecule has 7 nitrogen and oxygen atoms in total. The number of hydrogen-bond acceptors (Lipinski definition) is 6. The van der Waals surface area contributed by atoms with E-state index in [0.717, 1.165) is 11.1 Å². The summed E-state index contributed by atoms with van der Waals surface area (Å²) in [7, 11) is 4.67. The number of hydrogen-bond donors (Lipinski definition) is 2. The summed E-state index contributed by atoms with van der Waals surface area (Å²) in [6.07, 6.45) is 3.20. The Hall–Kier alpha value is -4.13. The minimum Gasteiger partial charge on any atom is -0.493 e. The van der Waals surface area contributed by atoms with Gasteiger partial charge in [0.25, 0.3) is 0 Å². The van der Waals surface area contributed by atoms with Gasteiger partial charge >= 0.3 is 0 Å². The molecule has 0 bridgehead atoms. The summed E-state index contributed by atoms with van der Waals surface area (Å²) in [6.45, 7) is 0.358. The molecule has 0 radical (unpaired) electrons. The van der Waals surface area contributed by atoms with Gasteiger partial charge in [-0.1, -0.05) is 36.4 Å². The maximum Gasteiger partial charge on any atom is 0.248 e. The zero-order chi connectivity index (χ0) is 22.9. The molecule has 0 fully saturated rings. The van der Waals surface area contributed by atoms with Crippen LogP contribution in [0, 0.1) is 0 Å². The van der Waals surface area contributed by atoms with Crippen LogP contribution in [0.4, 0.5) is 11.4 Å². The summed E-state index contributed by atoms with van der Waals surface area (Å²) in [5.41, 5.74) is 8.80. The molecule has 0 aliphatic rings. The zero-order valence-electron chi connectivity index (χ0n) is 18.3. The van der Waals surface area contributed by atoms with Crippen LogP contribution >= 0.6 is 0 Å². The average Bonchev–Trinajstić information content (AvgIpc) is 2.82. The van der Waals surface area contributed by atoms with E-state index in [9.17, 15) is 4.79 Å². The first-order valence-electron chi connectivity index (χ1n) is 9.89. The number of anilines is 2. The van der Waals surface area contributed by atoms with Gasteiger partial charge in [-0.15, -0.1) is 0 Å². The van der Waals surface area contributed by atoms with Crippen LogP contribution in [-0.2, 0) is 11.4 Å². The summed E-state index contributed by atoms with van der Waals surface area (Å²) in [6, 6.07) is 18.3. The molecule has 0 aromatic heterocycles. The number of para-hydroxylation sites is 2. The summed E-state index contributed by atoms with van der Waals surface area (Å²) >= 11 is 0. The Morgan fingerprint density at radius 3 is 2.19 bits per heavy atom. The molecule has 0 unspecified atom stereocenters. The van der Waals surface area contributed by atoms with Gasteiger partial charge in [-0.2, -0.15) is 0 Å². The summed E-state index contributed by atoms with van der Waals surface area (Å²) in [5.74, 6) is 1.91. The first-order chi connectivity index (χ1) is 15.5. The van der Waals surface area contributed by atoms with E-state index in [4.69, 9.17) is 24.7 Å². The fourth-order valence-corrected chi connectivity index (χ4v) is 2.99. The van der Waals surface area contributed by atoms with Crippen molar-refractivity contribution in [1.29, 1.82) is 0 Å². The topological polar surface area (TPSA) is 92.0 Å². The number of ether oxygens (including phenoxy) is 4. The minimum absolute atomic E-state index is 0.252. The molecule has 3 rings (SSSR count). The van der Waals surface area contributed by atoms with Crippen molar-refractivity contribution in [1.82, 2.24) is 0 Å². The van der Waals surface area contributed by atoms with Crippen LogP contribution < -0.4 is 30.0 Å². The summed E-state index contributed by atoms with van der Waals surface area (Å²) < 4.78 is 21.9. The molecule has 0 atom stereocenters. The van der Waals surface area contributed by atoms with Gasteiger partial charge in [0, 0.05) is 18.2 Å². The maximum atomic E-state index is 12.1. The van der Waals surface area contributed by atoms with Crippen LogP contribution in [-0.4, -0.2) is 27.2 Å². The molecule has 1 amide bonds. The van der Waals surface area contributed by atoms with Gasteiger partial charge in [-0.3, -0.25) is 4.79 Å². The molecule has 0 heterocycles. The summed E-state index contributed by atoms with van der Waals surface area (Å²) in [5, 5.41) is 2.76. The largest absolute Gasteiger partial charge is 0.493 e. The van der Waals surface area contributed by atoms with Gasteiger partial charge in [0.15, 0.2) is 11.5 Å². The van der Waals surface area contributed by atoms with E-state index in [0.29, 0.717) is 41.0 Å². The molecule has 0 saturated carbocycles. The van der Waals surface area contributed by atoms with Crippen LogP contribution in [0.15, 0.2) is 66.7 Å². The van der Waals surface area contributed by atoms with E-state index >= 15 is 0 Å². The molecular formula is C25H26N2O5. The highest BCUT2D eigenvalue weighted by Crippen LogP contribution is 2.40. The van der Waals surface area contributed by atoms with E-state index in [-0.39, 0.29) is 5.91 Å². The SMILES string of the molecule is COc1cc(OCc2ccc(C=CC(=O)Nc3ccccc3N)cc2)cc(OC)c1OC. The number of benzene rings is 3. The van der Waals surface area contributed by atoms with Gasteiger partial charge in [0.1, 0.15) is 12.4 Å². The molecule has 3 aromatic rings. The number of nitrogens with one attached hydrogen (secondary N) is 1. The molecule has 3 aromatic carbocycles. The number of nitrogens with two attached hydrogens (primary N) is 1. The molecule has 7 heteroatoms. The lowest BCUT2D eigenvalue weighted by molar-refractivity contribution is -0.111. The molecule has 3 N–H and O–H groups in total.